The number of aryl methyl sites for hydroxylation is 1. The van der Waals surface area contributed by atoms with Crippen molar-refractivity contribution < 1.29 is 9.18 Å². The van der Waals surface area contributed by atoms with Crippen LogP contribution < -0.4 is 0 Å². The van der Waals surface area contributed by atoms with Crippen molar-refractivity contribution in [1.82, 2.24) is 14.5 Å². The second-order valence-electron chi connectivity index (χ2n) is 5.82. The number of nitrogens with zero attached hydrogens (tertiary/aromatic N) is 3. The molecule has 4 nitrogen and oxygen atoms in total. The molecule has 0 atom stereocenters. The zero-order valence-electron chi connectivity index (χ0n) is 13.8. The van der Waals surface area contributed by atoms with E-state index >= 15 is 0 Å². The molecule has 0 radical (unpaired) electrons. The summed E-state index contributed by atoms with van der Waals surface area (Å²) in [7, 11) is 5.28. The highest BCUT2D eigenvalue weighted by Crippen LogP contribution is 2.36. The van der Waals surface area contributed by atoms with E-state index in [-0.39, 0.29) is 11.7 Å². The van der Waals surface area contributed by atoms with Gasteiger partial charge in [0.2, 0.25) is 0 Å². The van der Waals surface area contributed by atoms with Gasteiger partial charge in [0.25, 0.3) is 5.91 Å². The highest BCUT2D eigenvalue weighted by atomic mass is 19.1. The molecule has 24 heavy (non-hydrogen) atoms. The first-order chi connectivity index (χ1) is 11.5. The van der Waals surface area contributed by atoms with E-state index in [0.717, 1.165) is 22.3 Å². The molecule has 3 rings (SSSR count). The Hall–Kier alpha value is -2.95. The number of benzene rings is 1. The van der Waals surface area contributed by atoms with Gasteiger partial charge in [-0.2, -0.15) is 0 Å². The van der Waals surface area contributed by atoms with Gasteiger partial charge in [-0.3, -0.25) is 9.78 Å². The molecule has 0 unspecified atom stereocenters. The highest BCUT2D eigenvalue weighted by Gasteiger charge is 2.23. The van der Waals surface area contributed by atoms with Gasteiger partial charge in [0.05, 0.1) is 0 Å². The van der Waals surface area contributed by atoms with Gasteiger partial charge in [-0.15, -0.1) is 0 Å². The van der Waals surface area contributed by atoms with Gasteiger partial charge in [-0.05, 0) is 35.4 Å². The van der Waals surface area contributed by atoms with E-state index in [9.17, 15) is 9.18 Å². The molecule has 0 spiro atoms. The lowest BCUT2D eigenvalue weighted by Crippen LogP contribution is -2.24. The normalized spacial score (nSPS) is 10.7. The Labute approximate surface area is 140 Å². The first-order valence-corrected chi connectivity index (χ1v) is 7.56. The second kappa shape index (κ2) is 6.28. The van der Waals surface area contributed by atoms with Gasteiger partial charge in [-0.25, -0.2) is 4.39 Å². The van der Waals surface area contributed by atoms with Crippen LogP contribution in [0.25, 0.3) is 22.3 Å². The van der Waals surface area contributed by atoms with Crippen LogP contribution in [0.4, 0.5) is 4.39 Å². The number of aromatic nitrogens is 2. The first-order valence-electron chi connectivity index (χ1n) is 7.56. The van der Waals surface area contributed by atoms with Crippen molar-refractivity contribution in [3.63, 3.8) is 0 Å². The zero-order chi connectivity index (χ0) is 17.3. The lowest BCUT2D eigenvalue weighted by Gasteiger charge is -2.14. The third-order valence-corrected chi connectivity index (χ3v) is 3.91. The lowest BCUT2D eigenvalue weighted by atomic mass is 9.97. The molecule has 0 aliphatic rings. The van der Waals surface area contributed by atoms with Gasteiger partial charge in [-0.1, -0.05) is 12.1 Å². The number of carbonyl (C=O) groups is 1. The van der Waals surface area contributed by atoms with Crippen molar-refractivity contribution in [3.05, 3.63) is 66.5 Å². The van der Waals surface area contributed by atoms with Crippen molar-refractivity contribution >= 4 is 5.91 Å². The summed E-state index contributed by atoms with van der Waals surface area (Å²) in [6.45, 7) is 0. The van der Waals surface area contributed by atoms with Crippen molar-refractivity contribution in [1.29, 1.82) is 0 Å². The minimum atomic E-state index is -0.305. The van der Waals surface area contributed by atoms with Crippen molar-refractivity contribution in [2.75, 3.05) is 14.1 Å². The van der Waals surface area contributed by atoms with Crippen LogP contribution >= 0.6 is 0 Å². The molecule has 122 valence electrons. The molecular formula is C19H18FN3O. The fourth-order valence-corrected chi connectivity index (χ4v) is 2.76. The van der Waals surface area contributed by atoms with Crippen LogP contribution in [0.2, 0.25) is 0 Å². The van der Waals surface area contributed by atoms with Crippen LogP contribution in [-0.2, 0) is 7.05 Å². The maximum absolute atomic E-state index is 13.3. The van der Waals surface area contributed by atoms with E-state index in [1.807, 2.05) is 29.9 Å². The monoisotopic (exact) mass is 323 g/mol. The second-order valence-corrected chi connectivity index (χ2v) is 5.82. The quantitative estimate of drug-likeness (QED) is 0.739. The van der Waals surface area contributed by atoms with Gasteiger partial charge in [0.15, 0.2) is 0 Å². The van der Waals surface area contributed by atoms with Crippen molar-refractivity contribution in [3.8, 4) is 22.3 Å². The number of hydrogen-bond donors (Lipinski definition) is 0. The Morgan fingerprint density at radius 2 is 1.67 bits per heavy atom. The number of hydrogen-bond acceptors (Lipinski definition) is 2. The number of carbonyl (C=O) groups excluding carboxylic acids is 1. The van der Waals surface area contributed by atoms with E-state index < -0.39 is 0 Å². The average molecular weight is 323 g/mol. The summed E-state index contributed by atoms with van der Waals surface area (Å²) < 4.78 is 15.1. The van der Waals surface area contributed by atoms with Crippen LogP contribution in [0.1, 0.15) is 10.5 Å². The summed E-state index contributed by atoms with van der Waals surface area (Å²) in [6.07, 6.45) is 5.35. The van der Waals surface area contributed by atoms with Crippen LogP contribution in [0, 0.1) is 5.82 Å². The minimum Gasteiger partial charge on any atom is -0.345 e. The van der Waals surface area contributed by atoms with E-state index in [1.54, 1.807) is 43.5 Å². The standard InChI is InChI=1S/C19H18FN3O/c1-22(2)19(24)18-17(14-4-6-15(20)7-5-14)16(12-23(18)3)13-8-10-21-11-9-13/h4-12H,1-3H3. The average Bonchev–Trinajstić information content (AvgIpc) is 2.93. The SMILES string of the molecule is CN(C)C(=O)c1c(-c2ccc(F)cc2)c(-c2ccncc2)cn1C. The smallest absolute Gasteiger partial charge is 0.270 e. The molecule has 2 aromatic heterocycles. The van der Waals surface area contributed by atoms with Crippen LogP contribution in [-0.4, -0.2) is 34.5 Å². The van der Waals surface area contributed by atoms with Crippen molar-refractivity contribution in [2.24, 2.45) is 7.05 Å². The molecule has 1 amide bonds. The molecule has 0 N–H and O–H groups in total. The molecule has 1 aromatic carbocycles. The van der Waals surface area contributed by atoms with Gasteiger partial charge < -0.3 is 9.47 Å². The molecule has 2 heterocycles. The number of halogens is 1. The molecule has 3 aromatic rings. The molecular weight excluding hydrogens is 305 g/mol. The molecule has 0 bridgehead atoms. The number of rotatable bonds is 3. The van der Waals surface area contributed by atoms with E-state index in [0.29, 0.717) is 5.69 Å². The largest absolute Gasteiger partial charge is 0.345 e. The van der Waals surface area contributed by atoms with Crippen LogP contribution in [0.3, 0.4) is 0 Å². The van der Waals surface area contributed by atoms with Gasteiger partial charge in [0, 0.05) is 50.9 Å². The maximum atomic E-state index is 13.3. The fraction of sp³-hybridized carbons (Fsp3) is 0.158. The molecule has 0 aliphatic carbocycles. The van der Waals surface area contributed by atoms with E-state index in [1.165, 1.54) is 12.1 Å². The molecule has 0 aliphatic heterocycles. The Kier molecular flexibility index (Phi) is 4.16. The highest BCUT2D eigenvalue weighted by molar-refractivity contribution is 6.04. The Morgan fingerprint density at radius 1 is 1.04 bits per heavy atom. The summed E-state index contributed by atoms with van der Waals surface area (Å²) in [5.74, 6) is -0.405. The summed E-state index contributed by atoms with van der Waals surface area (Å²) >= 11 is 0. The molecule has 0 saturated heterocycles. The number of amides is 1. The fourth-order valence-electron chi connectivity index (χ4n) is 2.76. The lowest BCUT2D eigenvalue weighted by molar-refractivity contribution is 0.0819. The zero-order valence-corrected chi connectivity index (χ0v) is 13.8. The van der Waals surface area contributed by atoms with Crippen molar-refractivity contribution in [2.45, 2.75) is 0 Å². The molecule has 5 heteroatoms. The molecule has 0 saturated carbocycles. The summed E-state index contributed by atoms with van der Waals surface area (Å²) in [5, 5.41) is 0. The predicted octanol–water partition coefficient (Wildman–Crippen LogP) is 3.60. The van der Waals surface area contributed by atoms with E-state index in [4.69, 9.17) is 0 Å². The Bertz CT molecular complexity index is 868. The Balaban J connectivity index is 2.29. The van der Waals surface area contributed by atoms with E-state index in [2.05, 4.69) is 4.98 Å². The maximum Gasteiger partial charge on any atom is 0.270 e. The summed E-state index contributed by atoms with van der Waals surface area (Å²) in [4.78, 5) is 18.3. The molecule has 0 fully saturated rings. The third-order valence-electron chi connectivity index (χ3n) is 3.91. The first kappa shape index (κ1) is 15.9. The van der Waals surface area contributed by atoms with Gasteiger partial charge in [0.1, 0.15) is 11.5 Å². The third kappa shape index (κ3) is 2.80. The Morgan fingerprint density at radius 3 is 2.25 bits per heavy atom. The minimum absolute atomic E-state index is 0.0999. The van der Waals surface area contributed by atoms with Gasteiger partial charge >= 0.3 is 0 Å². The van der Waals surface area contributed by atoms with Crippen LogP contribution in [0.5, 0.6) is 0 Å². The summed E-state index contributed by atoms with van der Waals surface area (Å²) in [6, 6.07) is 9.99. The topological polar surface area (TPSA) is 38.1 Å². The predicted molar refractivity (Wildman–Crippen MR) is 92.1 cm³/mol. The number of pyridine rings is 1. The summed E-state index contributed by atoms with van der Waals surface area (Å²) in [5.41, 5.74) is 4.03. The van der Waals surface area contributed by atoms with Crippen LogP contribution in [0.15, 0.2) is 55.0 Å².